The van der Waals surface area contributed by atoms with Crippen molar-refractivity contribution in [3.05, 3.63) is 33.8 Å². The monoisotopic (exact) mass is 345 g/mol. The minimum Gasteiger partial charge on any atom is -0.492 e. The molecule has 0 radical (unpaired) electrons. The van der Waals surface area contributed by atoms with E-state index in [1.165, 1.54) is 7.11 Å². The minimum absolute atomic E-state index is 0.0375. The summed E-state index contributed by atoms with van der Waals surface area (Å²) in [5.41, 5.74) is 7.45. The molecule has 25 heavy (non-hydrogen) atoms. The number of hydrogen-bond donors (Lipinski definition) is 1. The molecule has 1 fully saturated rings. The van der Waals surface area contributed by atoms with E-state index in [0.717, 1.165) is 5.69 Å². The number of carbonyl (C=O) groups excluding carboxylic acids is 3. The largest absolute Gasteiger partial charge is 0.492 e. The number of allylic oxidation sites excluding steroid dienone is 2. The summed E-state index contributed by atoms with van der Waals surface area (Å²) in [7, 11) is 3.36. The van der Waals surface area contributed by atoms with Crippen molar-refractivity contribution in [2.24, 2.45) is 5.73 Å². The Kier molecular flexibility index (Phi) is 3.15. The van der Waals surface area contributed by atoms with Gasteiger partial charge in [0.1, 0.15) is 12.3 Å². The number of fused-ring (bicyclic) bond motifs is 5. The van der Waals surface area contributed by atoms with Crippen LogP contribution >= 0.6 is 0 Å². The third-order valence-electron chi connectivity index (χ3n) is 5.57. The average Bonchev–Trinajstić information content (AvgIpc) is 2.95. The Balaban J connectivity index is 1.95. The molecule has 8 heteroatoms. The van der Waals surface area contributed by atoms with E-state index < -0.39 is 6.09 Å². The van der Waals surface area contributed by atoms with Crippen molar-refractivity contribution in [1.29, 1.82) is 0 Å². The molecule has 1 saturated heterocycles. The van der Waals surface area contributed by atoms with Gasteiger partial charge >= 0.3 is 6.09 Å². The summed E-state index contributed by atoms with van der Waals surface area (Å²) < 4.78 is 12.1. The van der Waals surface area contributed by atoms with Gasteiger partial charge in [0, 0.05) is 22.9 Å². The van der Waals surface area contributed by atoms with Gasteiger partial charge in [0.15, 0.2) is 5.76 Å². The number of ketones is 2. The van der Waals surface area contributed by atoms with Crippen LogP contribution in [0.2, 0.25) is 0 Å². The number of nitrogens with zero attached hydrogens (tertiary/aromatic N) is 2. The SMILES string of the molecule is COC1=C(C)C(=O)c2c(c(COC(N)=O)c3n2C(C)C2C3N2C)C1=O. The van der Waals surface area contributed by atoms with Gasteiger partial charge in [-0.2, -0.15) is 0 Å². The Morgan fingerprint density at radius 3 is 2.56 bits per heavy atom. The van der Waals surface area contributed by atoms with E-state index in [1.54, 1.807) is 6.92 Å². The zero-order valence-electron chi connectivity index (χ0n) is 14.5. The van der Waals surface area contributed by atoms with Gasteiger partial charge < -0.3 is 19.8 Å². The van der Waals surface area contributed by atoms with Gasteiger partial charge in [-0.1, -0.05) is 0 Å². The zero-order valence-corrected chi connectivity index (χ0v) is 14.5. The maximum absolute atomic E-state index is 12.9. The molecule has 2 N–H and O–H groups in total. The van der Waals surface area contributed by atoms with Gasteiger partial charge in [0.25, 0.3) is 0 Å². The average molecular weight is 345 g/mol. The van der Waals surface area contributed by atoms with E-state index >= 15 is 0 Å². The fraction of sp³-hybridized carbons (Fsp3) is 0.471. The quantitative estimate of drug-likeness (QED) is 0.829. The number of ether oxygens (including phenoxy) is 2. The van der Waals surface area contributed by atoms with Crippen LogP contribution in [-0.2, 0) is 16.1 Å². The molecule has 1 aliphatic carbocycles. The fourth-order valence-electron chi connectivity index (χ4n) is 4.44. The summed E-state index contributed by atoms with van der Waals surface area (Å²) in [4.78, 5) is 39.2. The van der Waals surface area contributed by atoms with Crippen LogP contribution in [0.4, 0.5) is 4.79 Å². The van der Waals surface area contributed by atoms with E-state index in [9.17, 15) is 14.4 Å². The predicted octanol–water partition coefficient (Wildman–Crippen LogP) is 1.31. The van der Waals surface area contributed by atoms with E-state index in [0.29, 0.717) is 16.8 Å². The number of rotatable bonds is 3. The van der Waals surface area contributed by atoms with Crippen molar-refractivity contribution < 1.29 is 23.9 Å². The lowest BCUT2D eigenvalue weighted by molar-refractivity contribution is 0.0898. The molecule has 0 aromatic carbocycles. The number of hydrogen-bond acceptors (Lipinski definition) is 6. The molecule has 3 heterocycles. The first-order valence-electron chi connectivity index (χ1n) is 8.06. The molecular formula is C17H19N3O5. The summed E-state index contributed by atoms with van der Waals surface area (Å²) in [5.74, 6) is -0.545. The van der Waals surface area contributed by atoms with Gasteiger partial charge in [0.2, 0.25) is 11.6 Å². The normalized spacial score (nSPS) is 29.3. The lowest BCUT2D eigenvalue weighted by atomic mass is 9.90. The summed E-state index contributed by atoms with van der Waals surface area (Å²) >= 11 is 0. The number of amides is 1. The highest BCUT2D eigenvalue weighted by molar-refractivity contribution is 6.26. The molecule has 1 amide bonds. The molecule has 1 aromatic rings. The Labute approximate surface area is 144 Å². The van der Waals surface area contributed by atoms with Crippen LogP contribution in [0.5, 0.6) is 0 Å². The Morgan fingerprint density at radius 2 is 1.96 bits per heavy atom. The van der Waals surface area contributed by atoms with Crippen molar-refractivity contribution >= 4 is 17.7 Å². The van der Waals surface area contributed by atoms with Crippen LogP contribution in [0, 0.1) is 0 Å². The van der Waals surface area contributed by atoms with Gasteiger partial charge in [0.05, 0.1) is 24.8 Å². The second-order valence-corrected chi connectivity index (χ2v) is 6.72. The molecule has 0 bridgehead atoms. The third-order valence-corrected chi connectivity index (χ3v) is 5.57. The number of nitrogens with two attached hydrogens (primary N) is 1. The van der Waals surface area contributed by atoms with Crippen LogP contribution in [0.25, 0.3) is 0 Å². The van der Waals surface area contributed by atoms with Crippen LogP contribution < -0.4 is 5.73 Å². The van der Waals surface area contributed by atoms with Crippen LogP contribution in [0.3, 0.4) is 0 Å². The standard InChI is InChI=1S/C17H19N3O5/c1-6-14(21)12-9(15(22)16(6)24-4)8(5-25-17(18)23)11-13-10(19(13)3)7(2)20(11)12/h7,10,13H,5H2,1-4H3,(H2,18,23). The summed E-state index contributed by atoms with van der Waals surface area (Å²) in [6.45, 7) is 3.48. The van der Waals surface area contributed by atoms with Crippen molar-refractivity contribution in [3.8, 4) is 0 Å². The summed E-state index contributed by atoms with van der Waals surface area (Å²) in [5, 5.41) is 0. The number of aromatic nitrogens is 1. The molecule has 4 atom stereocenters. The molecule has 2 aliphatic heterocycles. The molecular weight excluding hydrogens is 326 g/mol. The van der Waals surface area contributed by atoms with Gasteiger partial charge in [-0.25, -0.2) is 4.79 Å². The number of methoxy groups -OCH3 is 1. The van der Waals surface area contributed by atoms with Crippen molar-refractivity contribution in [1.82, 2.24) is 9.47 Å². The van der Waals surface area contributed by atoms with Gasteiger partial charge in [-0.05, 0) is 20.9 Å². The van der Waals surface area contributed by atoms with Gasteiger partial charge in [-0.15, -0.1) is 0 Å². The zero-order chi connectivity index (χ0) is 18.2. The molecule has 0 saturated carbocycles. The van der Waals surface area contributed by atoms with Crippen molar-refractivity contribution in [2.75, 3.05) is 14.2 Å². The Bertz CT molecular complexity index is 881. The molecule has 3 aliphatic rings. The molecule has 8 nitrogen and oxygen atoms in total. The van der Waals surface area contributed by atoms with Crippen molar-refractivity contribution in [2.45, 2.75) is 38.6 Å². The Hall–Kier alpha value is -2.61. The topological polar surface area (TPSA) is 104 Å². The first kappa shape index (κ1) is 15.9. The highest BCUT2D eigenvalue weighted by Crippen LogP contribution is 2.57. The predicted molar refractivity (Wildman–Crippen MR) is 86.2 cm³/mol. The second kappa shape index (κ2) is 4.95. The highest BCUT2D eigenvalue weighted by atomic mass is 16.5. The summed E-state index contributed by atoms with van der Waals surface area (Å²) in [6.07, 6.45) is -0.922. The fourth-order valence-corrected chi connectivity index (χ4v) is 4.44. The van der Waals surface area contributed by atoms with Crippen LogP contribution in [0.1, 0.15) is 58.0 Å². The van der Waals surface area contributed by atoms with Crippen LogP contribution in [-0.4, -0.2) is 47.3 Å². The molecule has 4 rings (SSSR count). The second-order valence-electron chi connectivity index (χ2n) is 6.72. The maximum Gasteiger partial charge on any atom is 0.404 e. The number of Topliss-reactive ketones (excluding diaryl/α,β-unsaturated/α-hetero) is 2. The number of likely N-dealkylation sites (N-methyl/N-ethyl adjacent to an activating group) is 1. The highest BCUT2D eigenvalue weighted by Gasteiger charge is 2.60. The minimum atomic E-state index is -0.922. The van der Waals surface area contributed by atoms with Crippen molar-refractivity contribution in [3.63, 3.8) is 0 Å². The van der Waals surface area contributed by atoms with Crippen LogP contribution in [0.15, 0.2) is 11.3 Å². The number of carbonyl (C=O) groups is 3. The van der Waals surface area contributed by atoms with E-state index in [1.807, 2.05) is 18.5 Å². The smallest absolute Gasteiger partial charge is 0.404 e. The molecule has 0 spiro atoms. The van der Waals surface area contributed by atoms with E-state index in [4.69, 9.17) is 15.2 Å². The lowest BCUT2D eigenvalue weighted by Crippen LogP contribution is -2.26. The van der Waals surface area contributed by atoms with E-state index in [-0.39, 0.29) is 47.6 Å². The molecule has 1 aromatic heterocycles. The lowest BCUT2D eigenvalue weighted by Gasteiger charge is -2.21. The first-order valence-corrected chi connectivity index (χ1v) is 8.06. The molecule has 132 valence electrons. The summed E-state index contributed by atoms with van der Waals surface area (Å²) in [6, 6.07) is 0.442. The molecule has 4 unspecified atom stereocenters. The van der Waals surface area contributed by atoms with Gasteiger partial charge in [-0.3, -0.25) is 14.5 Å². The van der Waals surface area contributed by atoms with E-state index in [2.05, 4.69) is 4.90 Å². The number of primary amides is 1. The third kappa shape index (κ3) is 1.82. The Morgan fingerprint density at radius 1 is 1.28 bits per heavy atom. The first-order chi connectivity index (χ1) is 11.8. The maximum atomic E-state index is 12.9.